The molecule has 1 aromatic rings. The van der Waals surface area contributed by atoms with Gasteiger partial charge >= 0.3 is 5.97 Å². The van der Waals surface area contributed by atoms with Crippen molar-refractivity contribution in [2.45, 2.75) is 19.3 Å². The molecule has 0 saturated heterocycles. The summed E-state index contributed by atoms with van der Waals surface area (Å²) < 4.78 is 13.3. The van der Waals surface area contributed by atoms with Crippen molar-refractivity contribution in [2.24, 2.45) is 11.8 Å². The van der Waals surface area contributed by atoms with Crippen LogP contribution in [0.4, 0.5) is 15.8 Å². The lowest BCUT2D eigenvalue weighted by Crippen LogP contribution is -2.30. The summed E-state index contributed by atoms with van der Waals surface area (Å²) >= 11 is 0. The van der Waals surface area contributed by atoms with E-state index >= 15 is 0 Å². The van der Waals surface area contributed by atoms with E-state index in [0.717, 1.165) is 18.2 Å². The number of amides is 1. The van der Waals surface area contributed by atoms with Crippen molar-refractivity contribution in [3.63, 3.8) is 0 Å². The zero-order chi connectivity index (χ0) is 15.6. The van der Waals surface area contributed by atoms with Gasteiger partial charge in [-0.05, 0) is 18.9 Å². The van der Waals surface area contributed by atoms with Gasteiger partial charge in [0.2, 0.25) is 5.91 Å². The minimum absolute atomic E-state index is 0.0530. The number of rotatable bonds is 4. The summed E-state index contributed by atoms with van der Waals surface area (Å²) in [6.07, 6.45) is 1.47. The molecule has 1 aromatic carbocycles. The molecule has 0 spiro atoms. The molecular weight excluding hydrogens is 283 g/mol. The van der Waals surface area contributed by atoms with Gasteiger partial charge in [0.1, 0.15) is 5.82 Å². The predicted molar refractivity (Wildman–Crippen MR) is 70.2 cm³/mol. The van der Waals surface area contributed by atoms with Crippen LogP contribution in [-0.4, -0.2) is 21.9 Å². The number of aliphatic carboxylic acids is 1. The van der Waals surface area contributed by atoms with Crippen LogP contribution in [0.2, 0.25) is 0 Å². The van der Waals surface area contributed by atoms with E-state index in [1.807, 2.05) is 0 Å². The summed E-state index contributed by atoms with van der Waals surface area (Å²) in [4.78, 5) is 33.0. The second kappa shape index (κ2) is 5.86. The van der Waals surface area contributed by atoms with E-state index in [1.165, 1.54) is 0 Å². The van der Waals surface area contributed by atoms with Crippen molar-refractivity contribution in [3.05, 3.63) is 34.1 Å². The highest BCUT2D eigenvalue weighted by atomic mass is 19.1. The van der Waals surface area contributed by atoms with Crippen molar-refractivity contribution in [2.75, 3.05) is 5.32 Å². The number of anilines is 1. The number of nitro groups is 1. The van der Waals surface area contributed by atoms with E-state index in [2.05, 4.69) is 5.32 Å². The highest BCUT2D eigenvalue weighted by Crippen LogP contribution is 2.33. The van der Waals surface area contributed by atoms with Gasteiger partial charge in [0.25, 0.3) is 5.69 Å². The Kier molecular flexibility index (Phi) is 4.15. The van der Waals surface area contributed by atoms with Gasteiger partial charge in [-0.1, -0.05) is 6.42 Å². The van der Waals surface area contributed by atoms with Gasteiger partial charge in [0.05, 0.1) is 28.5 Å². The maximum Gasteiger partial charge on any atom is 0.307 e. The first-order valence-corrected chi connectivity index (χ1v) is 6.37. The molecule has 0 heterocycles. The van der Waals surface area contributed by atoms with E-state index in [1.54, 1.807) is 0 Å². The molecule has 21 heavy (non-hydrogen) atoms. The molecule has 112 valence electrons. The second-order valence-corrected chi connectivity index (χ2v) is 4.93. The maximum absolute atomic E-state index is 13.3. The van der Waals surface area contributed by atoms with Crippen LogP contribution in [0.25, 0.3) is 0 Å². The fraction of sp³-hybridized carbons (Fsp3) is 0.385. The molecule has 0 radical (unpaired) electrons. The monoisotopic (exact) mass is 296 g/mol. The third-order valence-corrected chi connectivity index (χ3v) is 3.53. The number of nitro benzene ring substituents is 1. The third kappa shape index (κ3) is 3.33. The first-order valence-electron chi connectivity index (χ1n) is 6.37. The Balaban J connectivity index is 2.16. The van der Waals surface area contributed by atoms with Gasteiger partial charge in [-0.3, -0.25) is 19.7 Å². The number of halogens is 1. The molecule has 1 amide bonds. The first kappa shape index (κ1) is 14.9. The zero-order valence-corrected chi connectivity index (χ0v) is 10.9. The van der Waals surface area contributed by atoms with E-state index in [4.69, 9.17) is 5.11 Å². The van der Waals surface area contributed by atoms with Gasteiger partial charge < -0.3 is 10.4 Å². The lowest BCUT2D eigenvalue weighted by molar-refractivity contribution is -0.385. The summed E-state index contributed by atoms with van der Waals surface area (Å²) in [5, 5.41) is 22.0. The number of carbonyl (C=O) groups excluding carboxylic acids is 1. The molecule has 8 heteroatoms. The number of nitrogens with one attached hydrogen (secondary N) is 1. The van der Waals surface area contributed by atoms with Crippen LogP contribution in [0.15, 0.2) is 18.2 Å². The number of carboxylic acid groups (broad SMARTS) is 1. The van der Waals surface area contributed by atoms with E-state index < -0.39 is 40.1 Å². The number of hydrogen-bond acceptors (Lipinski definition) is 4. The molecule has 0 bridgehead atoms. The Morgan fingerprint density at radius 3 is 2.57 bits per heavy atom. The predicted octanol–water partition coefficient (Wildman–Crippen LogP) is 2.17. The molecule has 1 fully saturated rings. The molecular formula is C13H13FN2O5. The van der Waals surface area contributed by atoms with Crippen LogP contribution in [0, 0.1) is 27.8 Å². The lowest BCUT2D eigenvalue weighted by atomic mass is 9.95. The number of nitrogens with zero attached hydrogens (tertiary/aromatic N) is 1. The van der Waals surface area contributed by atoms with Crippen LogP contribution in [0.1, 0.15) is 19.3 Å². The number of carboxylic acids is 1. The molecule has 2 N–H and O–H groups in total. The van der Waals surface area contributed by atoms with E-state index in [-0.39, 0.29) is 5.69 Å². The Bertz CT molecular complexity index is 604. The van der Waals surface area contributed by atoms with Crippen molar-refractivity contribution in [1.82, 2.24) is 0 Å². The summed E-state index contributed by atoms with van der Waals surface area (Å²) in [5.74, 6) is -3.92. The topological polar surface area (TPSA) is 110 Å². The van der Waals surface area contributed by atoms with Gasteiger partial charge in [-0.25, -0.2) is 4.39 Å². The summed E-state index contributed by atoms with van der Waals surface area (Å²) in [6.45, 7) is 0. The SMILES string of the molecule is O=C(O)C1CCCC1C(=O)Nc1cc(F)cc([N+](=O)[O-])c1. The summed E-state index contributed by atoms with van der Waals surface area (Å²) in [5.41, 5.74) is -0.533. The fourth-order valence-corrected chi connectivity index (χ4v) is 2.56. The molecule has 1 aliphatic rings. The minimum atomic E-state index is -1.04. The quantitative estimate of drug-likeness (QED) is 0.653. The first-order chi connectivity index (χ1) is 9.88. The van der Waals surface area contributed by atoms with E-state index in [0.29, 0.717) is 19.3 Å². The molecule has 2 rings (SSSR count). The van der Waals surface area contributed by atoms with Gasteiger partial charge in [0.15, 0.2) is 0 Å². The largest absolute Gasteiger partial charge is 0.481 e. The smallest absolute Gasteiger partial charge is 0.307 e. The van der Waals surface area contributed by atoms with Crippen LogP contribution >= 0.6 is 0 Å². The Morgan fingerprint density at radius 1 is 1.29 bits per heavy atom. The summed E-state index contributed by atoms with van der Waals surface area (Å²) in [6, 6.07) is 2.73. The maximum atomic E-state index is 13.3. The zero-order valence-electron chi connectivity index (χ0n) is 10.9. The van der Waals surface area contributed by atoms with Crippen LogP contribution in [0.5, 0.6) is 0 Å². The van der Waals surface area contributed by atoms with Crippen LogP contribution < -0.4 is 5.32 Å². The molecule has 1 aliphatic carbocycles. The van der Waals surface area contributed by atoms with Crippen LogP contribution in [-0.2, 0) is 9.59 Å². The molecule has 2 unspecified atom stereocenters. The molecule has 2 atom stereocenters. The number of hydrogen-bond donors (Lipinski definition) is 2. The van der Waals surface area contributed by atoms with Crippen LogP contribution in [0.3, 0.4) is 0 Å². The number of non-ortho nitro benzene ring substituents is 1. The van der Waals surface area contributed by atoms with Gasteiger partial charge in [0, 0.05) is 6.07 Å². The molecule has 1 saturated carbocycles. The summed E-state index contributed by atoms with van der Waals surface area (Å²) in [7, 11) is 0. The third-order valence-electron chi connectivity index (χ3n) is 3.53. The van der Waals surface area contributed by atoms with Crippen molar-refractivity contribution in [3.8, 4) is 0 Å². The highest BCUT2D eigenvalue weighted by Gasteiger charge is 2.37. The Hall–Kier alpha value is -2.51. The van der Waals surface area contributed by atoms with Gasteiger partial charge in [-0.15, -0.1) is 0 Å². The van der Waals surface area contributed by atoms with Crippen molar-refractivity contribution in [1.29, 1.82) is 0 Å². The van der Waals surface area contributed by atoms with E-state index in [9.17, 15) is 24.1 Å². The van der Waals surface area contributed by atoms with Crippen molar-refractivity contribution >= 4 is 23.3 Å². The minimum Gasteiger partial charge on any atom is -0.481 e. The molecule has 7 nitrogen and oxygen atoms in total. The molecule has 0 aliphatic heterocycles. The second-order valence-electron chi connectivity index (χ2n) is 4.93. The lowest BCUT2D eigenvalue weighted by Gasteiger charge is -2.15. The van der Waals surface area contributed by atoms with Crippen molar-refractivity contribution < 1.29 is 24.0 Å². The molecule has 0 aromatic heterocycles. The Labute approximate surface area is 118 Å². The number of carbonyl (C=O) groups is 2. The fourth-order valence-electron chi connectivity index (χ4n) is 2.56. The standard InChI is InChI=1S/C13H13FN2O5/c14-7-4-8(6-9(5-7)16(20)21)15-12(17)10-2-1-3-11(10)13(18)19/h4-6,10-11H,1-3H2,(H,15,17)(H,18,19). The number of benzene rings is 1. The van der Waals surface area contributed by atoms with Gasteiger partial charge in [-0.2, -0.15) is 0 Å². The normalized spacial score (nSPS) is 21.0. The Morgan fingerprint density at radius 2 is 1.95 bits per heavy atom. The average molecular weight is 296 g/mol. The highest BCUT2D eigenvalue weighted by molar-refractivity contribution is 5.95. The average Bonchev–Trinajstić information content (AvgIpc) is 2.87.